The minimum absolute atomic E-state index is 0.0467. The zero-order chi connectivity index (χ0) is 24.0. The van der Waals surface area contributed by atoms with Crippen molar-refractivity contribution >= 4 is 21.6 Å². The lowest BCUT2D eigenvalue weighted by atomic mass is 10.1. The third-order valence-electron chi connectivity index (χ3n) is 5.38. The number of benzene rings is 3. The lowest BCUT2D eigenvalue weighted by Crippen LogP contribution is -2.31. The Bertz CT molecular complexity index is 1350. The summed E-state index contributed by atoms with van der Waals surface area (Å²) in [4.78, 5) is 17.2. The molecule has 172 valence electrons. The summed E-state index contributed by atoms with van der Waals surface area (Å²) in [5, 5.41) is 2.88. The van der Waals surface area contributed by atoms with E-state index in [0.29, 0.717) is 5.69 Å². The first-order valence-electron chi connectivity index (χ1n) is 10.9. The van der Waals surface area contributed by atoms with Gasteiger partial charge in [-0.3, -0.25) is 14.1 Å². The molecular weight excluding hydrogens is 446 g/mol. The van der Waals surface area contributed by atoms with Gasteiger partial charge in [0.05, 0.1) is 28.9 Å². The van der Waals surface area contributed by atoms with Crippen molar-refractivity contribution in [2.45, 2.75) is 24.4 Å². The Labute approximate surface area is 200 Å². The van der Waals surface area contributed by atoms with Crippen molar-refractivity contribution in [3.8, 4) is 0 Å². The monoisotopic (exact) mass is 471 g/mol. The van der Waals surface area contributed by atoms with Crippen LogP contribution in [0.5, 0.6) is 0 Å². The van der Waals surface area contributed by atoms with Crippen LogP contribution in [0.3, 0.4) is 0 Å². The fourth-order valence-corrected chi connectivity index (χ4v) is 5.07. The maximum absolute atomic E-state index is 13.7. The molecule has 1 aromatic heterocycles. The van der Waals surface area contributed by atoms with Crippen molar-refractivity contribution in [2.24, 2.45) is 0 Å². The van der Waals surface area contributed by atoms with Crippen molar-refractivity contribution in [1.29, 1.82) is 0 Å². The summed E-state index contributed by atoms with van der Waals surface area (Å²) in [5.41, 5.74) is 2.38. The van der Waals surface area contributed by atoms with E-state index in [9.17, 15) is 13.2 Å². The van der Waals surface area contributed by atoms with E-state index in [-0.39, 0.29) is 29.0 Å². The van der Waals surface area contributed by atoms with Crippen LogP contribution in [0.2, 0.25) is 0 Å². The van der Waals surface area contributed by atoms with Gasteiger partial charge >= 0.3 is 0 Å². The van der Waals surface area contributed by atoms with Crippen molar-refractivity contribution in [3.05, 3.63) is 126 Å². The first-order valence-corrected chi connectivity index (χ1v) is 12.3. The van der Waals surface area contributed by atoms with E-state index in [4.69, 9.17) is 0 Å². The molecule has 3 aromatic carbocycles. The number of anilines is 1. The van der Waals surface area contributed by atoms with Crippen LogP contribution in [0.1, 0.15) is 34.6 Å². The number of rotatable bonds is 8. The Kier molecular flexibility index (Phi) is 7.04. The highest BCUT2D eigenvalue weighted by Crippen LogP contribution is 2.26. The Balaban J connectivity index is 1.64. The van der Waals surface area contributed by atoms with Crippen LogP contribution < -0.4 is 9.62 Å². The Morgan fingerprint density at radius 3 is 2.24 bits per heavy atom. The van der Waals surface area contributed by atoms with E-state index < -0.39 is 10.0 Å². The smallest absolute Gasteiger partial charge is 0.264 e. The molecule has 6 nitrogen and oxygen atoms in total. The lowest BCUT2D eigenvalue weighted by Gasteiger charge is -2.25. The minimum Gasteiger partial charge on any atom is -0.344 e. The number of nitrogens with zero attached hydrogens (tertiary/aromatic N) is 2. The van der Waals surface area contributed by atoms with Crippen LogP contribution in [0.15, 0.2) is 114 Å². The van der Waals surface area contributed by atoms with Gasteiger partial charge in [-0.15, -0.1) is 0 Å². The molecule has 34 heavy (non-hydrogen) atoms. The van der Waals surface area contributed by atoms with Gasteiger partial charge < -0.3 is 5.32 Å². The van der Waals surface area contributed by atoms with E-state index in [1.807, 2.05) is 55.5 Å². The average molecular weight is 472 g/mol. The van der Waals surface area contributed by atoms with Crippen molar-refractivity contribution in [3.63, 3.8) is 0 Å². The molecule has 0 bridgehead atoms. The van der Waals surface area contributed by atoms with Crippen molar-refractivity contribution in [1.82, 2.24) is 10.3 Å². The number of amides is 1. The first-order chi connectivity index (χ1) is 16.4. The van der Waals surface area contributed by atoms with Crippen LogP contribution in [0.4, 0.5) is 5.69 Å². The molecule has 1 N–H and O–H groups in total. The molecule has 1 atom stereocenters. The van der Waals surface area contributed by atoms with Gasteiger partial charge in [0.15, 0.2) is 0 Å². The molecule has 1 heterocycles. The maximum atomic E-state index is 13.7. The molecule has 0 aliphatic rings. The molecule has 0 fully saturated rings. The molecule has 0 saturated heterocycles. The second-order valence-corrected chi connectivity index (χ2v) is 9.67. The number of carbonyl (C=O) groups excluding carboxylic acids is 1. The van der Waals surface area contributed by atoms with Crippen LogP contribution >= 0.6 is 0 Å². The average Bonchev–Trinajstić information content (AvgIpc) is 2.89. The Morgan fingerprint density at radius 1 is 0.882 bits per heavy atom. The quantitative estimate of drug-likeness (QED) is 0.394. The third kappa shape index (κ3) is 5.32. The highest BCUT2D eigenvalue weighted by molar-refractivity contribution is 7.92. The molecule has 4 aromatic rings. The molecule has 7 heteroatoms. The molecule has 0 saturated carbocycles. The summed E-state index contributed by atoms with van der Waals surface area (Å²) < 4.78 is 28.8. The van der Waals surface area contributed by atoms with Crippen LogP contribution in [0, 0.1) is 0 Å². The van der Waals surface area contributed by atoms with Gasteiger partial charge in [-0.25, -0.2) is 8.42 Å². The molecule has 0 spiro atoms. The number of carbonyl (C=O) groups is 1. The summed E-state index contributed by atoms with van der Waals surface area (Å²) in [7, 11) is -3.95. The van der Waals surface area contributed by atoms with E-state index >= 15 is 0 Å². The molecule has 0 radical (unpaired) electrons. The largest absolute Gasteiger partial charge is 0.344 e. The van der Waals surface area contributed by atoms with Crippen LogP contribution in [0.25, 0.3) is 0 Å². The van der Waals surface area contributed by atoms with Crippen molar-refractivity contribution in [2.75, 3.05) is 4.31 Å². The number of para-hydroxylation sites is 1. The predicted molar refractivity (Wildman–Crippen MR) is 133 cm³/mol. The predicted octanol–water partition coefficient (Wildman–Crippen LogP) is 4.97. The van der Waals surface area contributed by atoms with E-state index in [1.165, 1.54) is 16.4 Å². The van der Waals surface area contributed by atoms with Gasteiger partial charge in [0.1, 0.15) is 0 Å². The number of hydrogen-bond acceptors (Lipinski definition) is 4. The van der Waals surface area contributed by atoms with Gasteiger partial charge in [-0.05, 0) is 55.0 Å². The molecule has 1 amide bonds. The Morgan fingerprint density at radius 2 is 1.56 bits per heavy atom. The van der Waals surface area contributed by atoms with E-state index in [1.54, 1.807) is 48.7 Å². The molecule has 4 rings (SSSR count). The number of hydrogen-bond donors (Lipinski definition) is 1. The second kappa shape index (κ2) is 10.3. The van der Waals surface area contributed by atoms with Gasteiger partial charge in [-0.1, -0.05) is 60.7 Å². The summed E-state index contributed by atoms with van der Waals surface area (Å²) in [5.74, 6) is -0.371. The lowest BCUT2D eigenvalue weighted by molar-refractivity contribution is 0.0939. The molecule has 0 aliphatic carbocycles. The zero-order valence-corrected chi connectivity index (χ0v) is 19.5. The SMILES string of the molecule is CC(NC(=O)c1cccc(S(=O)(=O)N(Cc2ccccc2)c2ccccc2)c1)c1ccccn1. The summed E-state index contributed by atoms with van der Waals surface area (Å²) in [6.45, 7) is 2.00. The topological polar surface area (TPSA) is 79.4 Å². The standard InChI is InChI=1S/C27H25N3O3S/c1-21(26-17-8-9-18-28-26)29-27(31)23-13-10-16-25(19-23)34(32,33)30(24-14-6-3-7-15-24)20-22-11-4-2-5-12-22/h2-19,21H,20H2,1H3,(H,29,31). The van der Waals surface area contributed by atoms with Crippen LogP contribution in [-0.4, -0.2) is 19.3 Å². The zero-order valence-electron chi connectivity index (χ0n) is 18.7. The first kappa shape index (κ1) is 23.2. The summed E-state index contributed by atoms with van der Waals surface area (Å²) >= 11 is 0. The van der Waals surface area contributed by atoms with Crippen LogP contribution in [-0.2, 0) is 16.6 Å². The number of aromatic nitrogens is 1. The Hall–Kier alpha value is -3.97. The highest BCUT2D eigenvalue weighted by Gasteiger charge is 2.26. The third-order valence-corrected chi connectivity index (χ3v) is 7.15. The van der Waals surface area contributed by atoms with Crippen molar-refractivity contribution < 1.29 is 13.2 Å². The molecule has 0 aliphatic heterocycles. The van der Waals surface area contributed by atoms with E-state index in [0.717, 1.165) is 11.3 Å². The summed E-state index contributed by atoms with van der Waals surface area (Å²) in [6.07, 6.45) is 1.66. The second-order valence-electron chi connectivity index (χ2n) is 7.81. The minimum atomic E-state index is -3.95. The van der Waals surface area contributed by atoms with Gasteiger partial charge in [0, 0.05) is 11.8 Å². The number of pyridine rings is 1. The fraction of sp³-hybridized carbons (Fsp3) is 0.111. The molecular formula is C27H25N3O3S. The van der Waals surface area contributed by atoms with Gasteiger partial charge in [0.2, 0.25) is 0 Å². The summed E-state index contributed by atoms with van der Waals surface area (Å²) in [6, 6.07) is 29.6. The van der Waals surface area contributed by atoms with E-state index in [2.05, 4.69) is 10.3 Å². The fourth-order valence-electron chi connectivity index (χ4n) is 3.57. The highest BCUT2D eigenvalue weighted by atomic mass is 32.2. The van der Waals surface area contributed by atoms with Gasteiger partial charge in [-0.2, -0.15) is 0 Å². The normalized spacial score (nSPS) is 12.0. The van der Waals surface area contributed by atoms with Gasteiger partial charge in [0.25, 0.3) is 15.9 Å². The molecule has 1 unspecified atom stereocenters. The number of sulfonamides is 1. The number of nitrogens with one attached hydrogen (secondary N) is 1. The maximum Gasteiger partial charge on any atom is 0.264 e.